The molecule has 0 aromatic carbocycles. The van der Waals surface area contributed by atoms with Gasteiger partial charge in [-0.05, 0) is 44.7 Å². The number of nitrogens with zero attached hydrogens (tertiary/aromatic N) is 2. The predicted molar refractivity (Wildman–Crippen MR) is 83.9 cm³/mol. The lowest BCUT2D eigenvalue weighted by Crippen LogP contribution is -2.49. The number of hydrogen-bond donors (Lipinski definition) is 1. The van der Waals surface area contributed by atoms with E-state index in [-0.39, 0.29) is 6.09 Å². The molecule has 1 N–H and O–H groups in total. The SMILES string of the molecule is CNC1COCC(N2CCC3(CCN(C(=O)OC)CC3)C2)C1. The average molecular weight is 311 g/mol. The largest absolute Gasteiger partial charge is 0.453 e. The summed E-state index contributed by atoms with van der Waals surface area (Å²) in [5.41, 5.74) is 0.400. The minimum Gasteiger partial charge on any atom is -0.453 e. The summed E-state index contributed by atoms with van der Waals surface area (Å²) in [6, 6.07) is 1.03. The van der Waals surface area contributed by atoms with E-state index in [0.717, 1.165) is 45.7 Å². The van der Waals surface area contributed by atoms with Crippen LogP contribution in [0.3, 0.4) is 0 Å². The van der Waals surface area contributed by atoms with Crippen LogP contribution >= 0.6 is 0 Å². The van der Waals surface area contributed by atoms with Crippen molar-refractivity contribution in [3.63, 3.8) is 0 Å². The van der Waals surface area contributed by atoms with Crippen molar-refractivity contribution >= 4 is 6.09 Å². The first-order valence-corrected chi connectivity index (χ1v) is 8.48. The van der Waals surface area contributed by atoms with Gasteiger partial charge in [0.25, 0.3) is 0 Å². The van der Waals surface area contributed by atoms with Gasteiger partial charge in [-0.3, -0.25) is 4.90 Å². The van der Waals surface area contributed by atoms with Gasteiger partial charge in [-0.2, -0.15) is 0 Å². The lowest BCUT2D eigenvalue weighted by Gasteiger charge is -2.40. The Morgan fingerprint density at radius 2 is 1.95 bits per heavy atom. The fraction of sp³-hybridized carbons (Fsp3) is 0.938. The molecule has 3 saturated heterocycles. The van der Waals surface area contributed by atoms with Gasteiger partial charge in [-0.25, -0.2) is 4.79 Å². The molecule has 6 nitrogen and oxygen atoms in total. The van der Waals surface area contributed by atoms with Crippen LogP contribution in [-0.2, 0) is 9.47 Å². The van der Waals surface area contributed by atoms with Crippen molar-refractivity contribution in [1.29, 1.82) is 0 Å². The van der Waals surface area contributed by atoms with Crippen molar-refractivity contribution in [3.8, 4) is 0 Å². The van der Waals surface area contributed by atoms with Gasteiger partial charge in [-0.1, -0.05) is 0 Å². The molecule has 6 heteroatoms. The lowest BCUT2D eigenvalue weighted by molar-refractivity contribution is 0.00182. The number of carbonyl (C=O) groups excluding carboxylic acids is 1. The van der Waals surface area contributed by atoms with E-state index >= 15 is 0 Å². The molecule has 2 unspecified atom stereocenters. The molecule has 1 spiro atoms. The van der Waals surface area contributed by atoms with Gasteiger partial charge in [-0.15, -0.1) is 0 Å². The van der Waals surface area contributed by atoms with E-state index in [1.54, 1.807) is 0 Å². The Kier molecular flexibility index (Phi) is 4.90. The highest BCUT2D eigenvalue weighted by atomic mass is 16.5. The summed E-state index contributed by atoms with van der Waals surface area (Å²) in [5.74, 6) is 0. The fourth-order valence-corrected chi connectivity index (χ4v) is 4.25. The van der Waals surface area contributed by atoms with Gasteiger partial charge < -0.3 is 19.7 Å². The highest BCUT2D eigenvalue weighted by Crippen LogP contribution is 2.41. The summed E-state index contributed by atoms with van der Waals surface area (Å²) in [4.78, 5) is 16.1. The molecule has 1 amide bonds. The zero-order chi connectivity index (χ0) is 15.6. The number of carbonyl (C=O) groups is 1. The second-order valence-corrected chi connectivity index (χ2v) is 7.09. The monoisotopic (exact) mass is 311 g/mol. The van der Waals surface area contributed by atoms with Crippen molar-refractivity contribution in [3.05, 3.63) is 0 Å². The van der Waals surface area contributed by atoms with Crippen LogP contribution in [-0.4, -0.2) is 81.5 Å². The summed E-state index contributed by atoms with van der Waals surface area (Å²) < 4.78 is 10.6. The van der Waals surface area contributed by atoms with Crippen LogP contribution in [0, 0.1) is 5.41 Å². The zero-order valence-electron chi connectivity index (χ0n) is 13.8. The number of likely N-dealkylation sites (tertiary alicyclic amines) is 2. The summed E-state index contributed by atoms with van der Waals surface area (Å²) in [7, 11) is 3.48. The Bertz CT molecular complexity index is 396. The average Bonchev–Trinajstić information content (AvgIpc) is 2.99. The first kappa shape index (κ1) is 16.0. The molecule has 3 aliphatic rings. The van der Waals surface area contributed by atoms with Crippen LogP contribution in [0.5, 0.6) is 0 Å². The molecule has 22 heavy (non-hydrogen) atoms. The van der Waals surface area contributed by atoms with Gasteiger partial charge in [0.15, 0.2) is 0 Å². The van der Waals surface area contributed by atoms with Gasteiger partial charge >= 0.3 is 6.09 Å². The number of methoxy groups -OCH3 is 1. The van der Waals surface area contributed by atoms with Crippen LogP contribution in [0.4, 0.5) is 4.79 Å². The van der Waals surface area contributed by atoms with E-state index in [1.807, 2.05) is 11.9 Å². The maximum Gasteiger partial charge on any atom is 0.409 e. The maximum atomic E-state index is 11.6. The second-order valence-electron chi connectivity index (χ2n) is 7.09. The standard InChI is InChI=1S/C16H29N3O3/c1-17-13-9-14(11-22-10-13)19-8-5-16(12-19)3-6-18(7-4-16)15(20)21-2/h13-14,17H,3-12H2,1-2H3. The van der Waals surface area contributed by atoms with Crippen molar-refractivity contribution < 1.29 is 14.3 Å². The van der Waals surface area contributed by atoms with Gasteiger partial charge in [0, 0.05) is 31.7 Å². The Morgan fingerprint density at radius 3 is 2.64 bits per heavy atom. The topological polar surface area (TPSA) is 54.0 Å². The van der Waals surface area contributed by atoms with Gasteiger partial charge in [0.05, 0.1) is 20.3 Å². The summed E-state index contributed by atoms with van der Waals surface area (Å²) in [6.07, 6.45) is 4.45. The molecule has 0 bridgehead atoms. The van der Waals surface area contributed by atoms with Crippen LogP contribution in [0.25, 0.3) is 0 Å². The molecule has 0 aromatic rings. The van der Waals surface area contributed by atoms with Crippen molar-refractivity contribution in [2.75, 3.05) is 53.6 Å². The highest BCUT2D eigenvalue weighted by Gasteiger charge is 2.43. The van der Waals surface area contributed by atoms with E-state index in [9.17, 15) is 4.79 Å². The molecular formula is C16H29N3O3. The van der Waals surface area contributed by atoms with E-state index in [1.165, 1.54) is 26.5 Å². The smallest absolute Gasteiger partial charge is 0.409 e. The third-order valence-electron chi connectivity index (χ3n) is 5.84. The predicted octanol–water partition coefficient (Wildman–Crippen LogP) is 0.918. The van der Waals surface area contributed by atoms with E-state index in [2.05, 4.69) is 10.2 Å². The van der Waals surface area contributed by atoms with Crippen molar-refractivity contribution in [2.45, 2.75) is 37.8 Å². The quantitative estimate of drug-likeness (QED) is 0.822. The third kappa shape index (κ3) is 3.24. The Labute approximate surface area is 133 Å². The number of nitrogens with one attached hydrogen (secondary N) is 1. The van der Waals surface area contributed by atoms with Crippen molar-refractivity contribution in [1.82, 2.24) is 15.1 Å². The molecule has 0 aliphatic carbocycles. The van der Waals surface area contributed by atoms with E-state index in [0.29, 0.717) is 17.5 Å². The number of likely N-dealkylation sites (N-methyl/N-ethyl adjacent to an activating group) is 1. The van der Waals surface area contributed by atoms with Gasteiger partial charge in [0.2, 0.25) is 0 Å². The van der Waals surface area contributed by atoms with Crippen molar-refractivity contribution in [2.24, 2.45) is 5.41 Å². The molecule has 3 rings (SSSR count). The minimum absolute atomic E-state index is 0.178. The molecular weight excluding hydrogens is 282 g/mol. The third-order valence-corrected chi connectivity index (χ3v) is 5.84. The summed E-state index contributed by atoms with van der Waals surface area (Å²) in [6.45, 7) is 5.69. The second kappa shape index (κ2) is 6.72. The number of hydrogen-bond acceptors (Lipinski definition) is 5. The number of piperidine rings is 1. The Hall–Kier alpha value is -0.850. The lowest BCUT2D eigenvalue weighted by atomic mass is 9.78. The van der Waals surface area contributed by atoms with Gasteiger partial charge in [0.1, 0.15) is 0 Å². The molecule has 3 heterocycles. The molecule has 2 atom stereocenters. The van der Waals surface area contributed by atoms with Crippen LogP contribution < -0.4 is 5.32 Å². The molecule has 0 radical (unpaired) electrons. The molecule has 126 valence electrons. The van der Waals surface area contributed by atoms with Crippen LogP contribution in [0.1, 0.15) is 25.7 Å². The Balaban J connectivity index is 1.53. The van der Waals surface area contributed by atoms with E-state index in [4.69, 9.17) is 9.47 Å². The van der Waals surface area contributed by atoms with E-state index < -0.39 is 0 Å². The minimum atomic E-state index is -0.178. The summed E-state index contributed by atoms with van der Waals surface area (Å²) >= 11 is 0. The highest BCUT2D eigenvalue weighted by molar-refractivity contribution is 5.67. The number of rotatable bonds is 2. The fourth-order valence-electron chi connectivity index (χ4n) is 4.25. The summed E-state index contributed by atoms with van der Waals surface area (Å²) in [5, 5.41) is 3.34. The number of amides is 1. The maximum absolute atomic E-state index is 11.6. The molecule has 0 saturated carbocycles. The van der Waals surface area contributed by atoms with Crippen LogP contribution in [0.2, 0.25) is 0 Å². The molecule has 0 aromatic heterocycles. The number of ether oxygens (including phenoxy) is 2. The normalized spacial score (nSPS) is 32.4. The van der Waals surface area contributed by atoms with Crippen LogP contribution in [0.15, 0.2) is 0 Å². The zero-order valence-corrected chi connectivity index (χ0v) is 13.8. The Morgan fingerprint density at radius 1 is 1.23 bits per heavy atom. The molecule has 3 fully saturated rings. The molecule has 3 aliphatic heterocycles. The first-order chi connectivity index (χ1) is 10.7. The first-order valence-electron chi connectivity index (χ1n) is 8.48.